The highest BCUT2D eigenvalue weighted by atomic mass is 16.7. The monoisotopic (exact) mass is 275 g/mol. The van der Waals surface area contributed by atoms with Gasteiger partial charge in [0.2, 0.25) is 12.7 Å². The highest BCUT2D eigenvalue weighted by Gasteiger charge is 2.27. The van der Waals surface area contributed by atoms with Gasteiger partial charge in [-0.1, -0.05) is 19.1 Å². The lowest BCUT2D eigenvalue weighted by Crippen LogP contribution is -2.44. The van der Waals surface area contributed by atoms with Crippen molar-refractivity contribution in [2.75, 3.05) is 13.3 Å². The van der Waals surface area contributed by atoms with Gasteiger partial charge in [0.05, 0.1) is 6.42 Å². The van der Waals surface area contributed by atoms with Gasteiger partial charge in [-0.15, -0.1) is 0 Å². The number of carbonyl (C=O) groups is 1. The van der Waals surface area contributed by atoms with Gasteiger partial charge in [-0.3, -0.25) is 4.79 Å². The van der Waals surface area contributed by atoms with Crippen LogP contribution in [0.25, 0.3) is 0 Å². The lowest BCUT2D eigenvalue weighted by Gasteiger charge is -2.35. The van der Waals surface area contributed by atoms with Crippen LogP contribution >= 0.6 is 0 Å². The molecule has 1 fully saturated rings. The van der Waals surface area contributed by atoms with E-state index in [0.29, 0.717) is 12.5 Å². The molecule has 0 spiro atoms. The second-order valence-electron chi connectivity index (χ2n) is 5.47. The van der Waals surface area contributed by atoms with Gasteiger partial charge < -0.3 is 14.4 Å². The number of benzene rings is 1. The van der Waals surface area contributed by atoms with Crippen LogP contribution in [0.15, 0.2) is 18.2 Å². The first-order valence-corrected chi connectivity index (χ1v) is 7.46. The molecule has 1 aromatic carbocycles. The molecule has 2 aliphatic heterocycles. The molecule has 1 amide bonds. The number of likely N-dealkylation sites (tertiary alicyclic amines) is 1. The van der Waals surface area contributed by atoms with E-state index in [-0.39, 0.29) is 12.7 Å². The van der Waals surface area contributed by atoms with Gasteiger partial charge in [0, 0.05) is 18.2 Å². The Morgan fingerprint density at radius 1 is 1.35 bits per heavy atom. The van der Waals surface area contributed by atoms with Gasteiger partial charge in [-0.05, 0) is 31.7 Å². The average Bonchev–Trinajstić information content (AvgIpc) is 2.96. The minimum atomic E-state index is 0.209. The SMILES string of the molecule is CCC1CCCCN1C(=O)Cc1cccc2c1OCO2. The summed E-state index contributed by atoms with van der Waals surface area (Å²) in [5.74, 6) is 1.70. The zero-order chi connectivity index (χ0) is 13.9. The Kier molecular flexibility index (Phi) is 3.81. The van der Waals surface area contributed by atoms with Crippen LogP contribution in [0.4, 0.5) is 0 Å². The number of rotatable bonds is 3. The fourth-order valence-electron chi connectivity index (χ4n) is 3.15. The molecular weight excluding hydrogens is 254 g/mol. The summed E-state index contributed by atoms with van der Waals surface area (Å²) in [4.78, 5) is 14.6. The van der Waals surface area contributed by atoms with E-state index in [1.165, 1.54) is 6.42 Å². The van der Waals surface area contributed by atoms with Gasteiger partial charge in [0.1, 0.15) is 0 Å². The third-order valence-corrected chi connectivity index (χ3v) is 4.24. The summed E-state index contributed by atoms with van der Waals surface area (Å²) in [6.07, 6.45) is 4.94. The Morgan fingerprint density at radius 2 is 2.25 bits per heavy atom. The maximum atomic E-state index is 12.6. The van der Waals surface area contributed by atoms with Crippen molar-refractivity contribution in [3.8, 4) is 11.5 Å². The standard InChI is InChI=1S/C16H21NO3/c1-2-13-7-3-4-9-17(13)15(18)10-12-6-5-8-14-16(12)20-11-19-14/h5-6,8,13H,2-4,7,9-11H2,1H3. The van der Waals surface area contributed by atoms with Crippen molar-refractivity contribution in [2.24, 2.45) is 0 Å². The largest absolute Gasteiger partial charge is 0.454 e. The van der Waals surface area contributed by atoms with Crippen LogP contribution in [0.2, 0.25) is 0 Å². The fraction of sp³-hybridized carbons (Fsp3) is 0.562. The summed E-state index contributed by atoms with van der Waals surface area (Å²) in [5, 5.41) is 0. The van der Waals surface area contributed by atoms with E-state index in [2.05, 4.69) is 11.8 Å². The van der Waals surface area contributed by atoms with E-state index in [1.807, 2.05) is 18.2 Å². The van der Waals surface area contributed by atoms with Crippen LogP contribution in [0.5, 0.6) is 11.5 Å². The highest BCUT2D eigenvalue weighted by Crippen LogP contribution is 2.36. The molecule has 0 N–H and O–H groups in total. The van der Waals surface area contributed by atoms with Crippen molar-refractivity contribution in [3.63, 3.8) is 0 Å². The summed E-state index contributed by atoms with van der Waals surface area (Å²) in [5.41, 5.74) is 0.936. The number of para-hydroxylation sites is 1. The van der Waals surface area contributed by atoms with Crippen LogP contribution in [0, 0.1) is 0 Å². The summed E-state index contributed by atoms with van der Waals surface area (Å²) in [7, 11) is 0. The van der Waals surface area contributed by atoms with Crippen LogP contribution in [-0.2, 0) is 11.2 Å². The van der Waals surface area contributed by atoms with E-state index >= 15 is 0 Å². The van der Waals surface area contributed by atoms with Gasteiger partial charge >= 0.3 is 0 Å². The van der Waals surface area contributed by atoms with Crippen LogP contribution in [0.3, 0.4) is 0 Å². The molecule has 0 radical (unpaired) electrons. The molecule has 20 heavy (non-hydrogen) atoms. The lowest BCUT2D eigenvalue weighted by molar-refractivity contribution is -0.134. The molecule has 1 unspecified atom stereocenters. The lowest BCUT2D eigenvalue weighted by atomic mass is 9.98. The van der Waals surface area contributed by atoms with Gasteiger partial charge in [0.15, 0.2) is 11.5 Å². The predicted molar refractivity (Wildman–Crippen MR) is 75.9 cm³/mol. The van der Waals surface area contributed by atoms with Crippen molar-refractivity contribution in [3.05, 3.63) is 23.8 Å². The molecular formula is C16H21NO3. The van der Waals surface area contributed by atoms with E-state index < -0.39 is 0 Å². The zero-order valence-corrected chi connectivity index (χ0v) is 11.9. The molecule has 0 aliphatic carbocycles. The summed E-state index contributed by atoms with van der Waals surface area (Å²) >= 11 is 0. The van der Waals surface area contributed by atoms with E-state index in [0.717, 1.165) is 42.9 Å². The maximum absolute atomic E-state index is 12.6. The number of nitrogens with zero attached hydrogens (tertiary/aromatic N) is 1. The third-order valence-electron chi connectivity index (χ3n) is 4.24. The Labute approximate surface area is 119 Å². The van der Waals surface area contributed by atoms with Crippen LogP contribution < -0.4 is 9.47 Å². The van der Waals surface area contributed by atoms with Crippen molar-refractivity contribution < 1.29 is 14.3 Å². The zero-order valence-electron chi connectivity index (χ0n) is 11.9. The molecule has 0 bridgehead atoms. The van der Waals surface area contributed by atoms with Gasteiger partial charge in [-0.25, -0.2) is 0 Å². The number of carbonyl (C=O) groups excluding carboxylic acids is 1. The van der Waals surface area contributed by atoms with E-state index in [4.69, 9.17) is 9.47 Å². The number of amides is 1. The first-order valence-electron chi connectivity index (χ1n) is 7.46. The first kappa shape index (κ1) is 13.3. The Hall–Kier alpha value is -1.71. The second kappa shape index (κ2) is 5.73. The Balaban J connectivity index is 1.74. The Bertz CT molecular complexity index is 500. The fourth-order valence-corrected chi connectivity index (χ4v) is 3.15. The Morgan fingerprint density at radius 3 is 3.10 bits per heavy atom. The molecule has 1 atom stereocenters. The predicted octanol–water partition coefficient (Wildman–Crippen LogP) is 2.75. The second-order valence-corrected chi connectivity index (χ2v) is 5.47. The molecule has 0 aromatic heterocycles. The number of piperidine rings is 1. The van der Waals surface area contributed by atoms with Crippen LogP contribution in [-0.4, -0.2) is 30.2 Å². The molecule has 4 nitrogen and oxygen atoms in total. The minimum absolute atomic E-state index is 0.209. The van der Waals surface area contributed by atoms with Gasteiger partial charge in [0.25, 0.3) is 0 Å². The first-order chi connectivity index (χ1) is 9.79. The topological polar surface area (TPSA) is 38.8 Å². The molecule has 1 saturated heterocycles. The summed E-state index contributed by atoms with van der Waals surface area (Å²) in [6, 6.07) is 6.16. The van der Waals surface area contributed by atoms with Crippen molar-refractivity contribution in [2.45, 2.75) is 45.1 Å². The number of ether oxygens (including phenoxy) is 2. The molecule has 108 valence electrons. The minimum Gasteiger partial charge on any atom is -0.454 e. The third kappa shape index (κ3) is 2.47. The molecule has 2 aliphatic rings. The maximum Gasteiger partial charge on any atom is 0.231 e. The number of hydrogen-bond acceptors (Lipinski definition) is 3. The highest BCUT2D eigenvalue weighted by molar-refractivity contribution is 5.80. The normalized spacial score (nSPS) is 21.1. The van der Waals surface area contributed by atoms with E-state index in [9.17, 15) is 4.79 Å². The molecule has 2 heterocycles. The summed E-state index contributed by atoms with van der Waals surface area (Å²) in [6.45, 7) is 3.30. The average molecular weight is 275 g/mol. The smallest absolute Gasteiger partial charge is 0.231 e. The molecule has 3 rings (SSSR count). The van der Waals surface area contributed by atoms with E-state index in [1.54, 1.807) is 0 Å². The van der Waals surface area contributed by atoms with Crippen molar-refractivity contribution in [1.82, 2.24) is 4.90 Å². The quantitative estimate of drug-likeness (QED) is 0.851. The van der Waals surface area contributed by atoms with Crippen molar-refractivity contribution in [1.29, 1.82) is 0 Å². The molecule has 4 heteroatoms. The van der Waals surface area contributed by atoms with Crippen molar-refractivity contribution >= 4 is 5.91 Å². The number of fused-ring (bicyclic) bond motifs is 1. The number of hydrogen-bond donors (Lipinski definition) is 0. The van der Waals surface area contributed by atoms with Gasteiger partial charge in [-0.2, -0.15) is 0 Å². The summed E-state index contributed by atoms with van der Waals surface area (Å²) < 4.78 is 10.8. The molecule has 0 saturated carbocycles. The van der Waals surface area contributed by atoms with Crippen LogP contribution in [0.1, 0.15) is 38.2 Å². The molecule has 1 aromatic rings.